The lowest BCUT2D eigenvalue weighted by molar-refractivity contribution is -0.116. The highest BCUT2D eigenvalue weighted by molar-refractivity contribution is 6.30. The molecule has 6 heteroatoms. The lowest BCUT2D eigenvalue weighted by Crippen LogP contribution is -2.19. The smallest absolute Gasteiger partial charge is 0.253 e. The summed E-state index contributed by atoms with van der Waals surface area (Å²) in [6.45, 7) is 0. The number of nitrogens with one attached hydrogen (secondary N) is 1. The molecule has 1 aliphatic rings. The Kier molecular flexibility index (Phi) is 3.89. The summed E-state index contributed by atoms with van der Waals surface area (Å²) in [5, 5.41) is 8.95. The highest BCUT2D eigenvalue weighted by Crippen LogP contribution is 2.26. The molecule has 22 heavy (non-hydrogen) atoms. The predicted molar refractivity (Wildman–Crippen MR) is 86.2 cm³/mol. The topological polar surface area (TPSA) is 61.8 Å². The number of hydrogen-bond donors (Lipinski definition) is 1. The fourth-order valence-electron chi connectivity index (χ4n) is 2.29. The molecule has 0 spiro atoms. The van der Waals surface area contributed by atoms with Crippen LogP contribution < -0.4 is 10.3 Å². The number of nitrogens with zero attached hydrogens (tertiary/aromatic N) is 2. The normalized spacial score (nSPS) is 14.0. The van der Waals surface area contributed by atoms with Crippen molar-refractivity contribution in [1.29, 1.82) is 0 Å². The molecule has 0 bridgehead atoms. The fraction of sp³-hybridized carbons (Fsp3) is 0.0625. The predicted octanol–water partition coefficient (Wildman–Crippen LogP) is 3.05. The zero-order chi connectivity index (χ0) is 15.5. The summed E-state index contributed by atoms with van der Waals surface area (Å²) in [4.78, 5) is 22.9. The van der Waals surface area contributed by atoms with E-state index in [9.17, 15) is 9.59 Å². The van der Waals surface area contributed by atoms with Crippen molar-refractivity contribution in [3.8, 4) is 0 Å². The average Bonchev–Trinajstić information content (AvgIpc) is 2.91. The molecule has 3 rings (SSSR count). The number of hydrazone groups is 1. The molecule has 1 aliphatic heterocycles. The lowest BCUT2D eigenvalue weighted by Gasteiger charge is -2.11. The third kappa shape index (κ3) is 2.71. The van der Waals surface area contributed by atoms with Gasteiger partial charge in [0.15, 0.2) is 0 Å². The number of para-hydroxylation sites is 1. The van der Waals surface area contributed by atoms with E-state index >= 15 is 0 Å². The van der Waals surface area contributed by atoms with Crippen LogP contribution in [0.5, 0.6) is 0 Å². The van der Waals surface area contributed by atoms with Crippen LogP contribution in [0, 0.1) is 0 Å². The third-order valence-corrected chi connectivity index (χ3v) is 3.55. The maximum atomic E-state index is 12.2. The summed E-state index contributed by atoms with van der Waals surface area (Å²) in [5.41, 5.74) is 2.64. The van der Waals surface area contributed by atoms with Gasteiger partial charge in [0.05, 0.1) is 17.8 Å². The highest BCUT2D eigenvalue weighted by atomic mass is 35.5. The number of benzene rings is 2. The molecular weight excluding hydrogens is 302 g/mol. The second kappa shape index (κ2) is 5.99. The number of anilines is 2. The molecule has 5 nitrogen and oxygen atoms in total. The first-order valence-corrected chi connectivity index (χ1v) is 7.02. The highest BCUT2D eigenvalue weighted by Gasteiger charge is 2.27. The Hall–Kier alpha value is -2.66. The third-order valence-electron chi connectivity index (χ3n) is 3.30. The van der Waals surface area contributed by atoms with Crippen LogP contribution in [0.25, 0.3) is 0 Å². The molecule has 1 N–H and O–H groups in total. The number of rotatable bonds is 4. The number of hydrogen-bond acceptors (Lipinski definition) is 3. The van der Waals surface area contributed by atoms with Crippen LogP contribution in [0.4, 0.5) is 11.4 Å². The number of carbonyl (C=O) groups is 2. The van der Waals surface area contributed by atoms with E-state index in [1.165, 1.54) is 5.01 Å². The van der Waals surface area contributed by atoms with Gasteiger partial charge in [-0.25, -0.2) is 5.01 Å². The molecular formula is C16H12ClN3O2. The summed E-state index contributed by atoms with van der Waals surface area (Å²) in [5.74, 6) is -0.127. The quantitative estimate of drug-likeness (QED) is 0.882. The minimum atomic E-state index is -0.127. The Balaban J connectivity index is 1.96. The maximum Gasteiger partial charge on any atom is 0.253 e. The molecule has 0 saturated carbocycles. The molecule has 0 aromatic heterocycles. The first kappa shape index (κ1) is 14.3. The van der Waals surface area contributed by atoms with Gasteiger partial charge in [0.25, 0.3) is 5.91 Å². The molecule has 0 fully saturated rings. The standard InChI is InChI=1S/C16H12ClN3O2/c17-11-5-7-12(8-6-11)20-16(22)9-15(19-20)13-3-1-2-4-14(13)18-10-21/h1-8,10H,9H2,(H,18,21). The summed E-state index contributed by atoms with van der Waals surface area (Å²) in [6.07, 6.45) is 0.785. The zero-order valence-electron chi connectivity index (χ0n) is 11.5. The van der Waals surface area contributed by atoms with Crippen molar-refractivity contribution in [2.45, 2.75) is 6.42 Å². The first-order chi connectivity index (χ1) is 10.7. The minimum Gasteiger partial charge on any atom is -0.328 e. The van der Waals surface area contributed by atoms with Crippen LogP contribution in [-0.2, 0) is 9.59 Å². The van der Waals surface area contributed by atoms with Crippen LogP contribution in [0.15, 0.2) is 53.6 Å². The SMILES string of the molecule is O=CNc1ccccc1C1=NN(c2ccc(Cl)cc2)C(=O)C1. The minimum absolute atomic E-state index is 0.127. The largest absolute Gasteiger partial charge is 0.328 e. The van der Waals surface area contributed by atoms with Crippen molar-refractivity contribution in [3.05, 3.63) is 59.1 Å². The zero-order valence-corrected chi connectivity index (χ0v) is 12.2. The summed E-state index contributed by atoms with van der Waals surface area (Å²) < 4.78 is 0. The monoisotopic (exact) mass is 313 g/mol. The van der Waals surface area contributed by atoms with E-state index in [-0.39, 0.29) is 12.3 Å². The maximum absolute atomic E-state index is 12.2. The van der Waals surface area contributed by atoms with Gasteiger partial charge in [-0.05, 0) is 30.3 Å². The van der Waals surface area contributed by atoms with Gasteiger partial charge in [0.2, 0.25) is 6.41 Å². The fourth-order valence-corrected chi connectivity index (χ4v) is 2.41. The van der Waals surface area contributed by atoms with Crippen LogP contribution in [0.3, 0.4) is 0 Å². The van der Waals surface area contributed by atoms with Gasteiger partial charge in [0.1, 0.15) is 0 Å². The number of halogens is 1. The van der Waals surface area contributed by atoms with Crippen molar-refractivity contribution < 1.29 is 9.59 Å². The van der Waals surface area contributed by atoms with E-state index in [0.717, 1.165) is 5.56 Å². The van der Waals surface area contributed by atoms with Gasteiger partial charge in [-0.2, -0.15) is 5.10 Å². The van der Waals surface area contributed by atoms with Crippen molar-refractivity contribution in [2.75, 3.05) is 10.3 Å². The molecule has 0 atom stereocenters. The number of amides is 2. The Labute approximate surface area is 132 Å². The van der Waals surface area contributed by atoms with Gasteiger partial charge < -0.3 is 5.32 Å². The van der Waals surface area contributed by atoms with Crippen LogP contribution in [0.2, 0.25) is 5.02 Å². The van der Waals surface area contributed by atoms with E-state index in [1.54, 1.807) is 30.3 Å². The second-order valence-corrected chi connectivity index (χ2v) is 5.15. The second-order valence-electron chi connectivity index (χ2n) is 4.71. The van der Waals surface area contributed by atoms with Gasteiger partial charge >= 0.3 is 0 Å². The molecule has 0 aliphatic carbocycles. The van der Waals surface area contributed by atoms with Crippen LogP contribution in [-0.4, -0.2) is 18.0 Å². The molecule has 110 valence electrons. The van der Waals surface area contributed by atoms with Crippen molar-refractivity contribution >= 4 is 41.0 Å². The van der Waals surface area contributed by atoms with Gasteiger partial charge in [0, 0.05) is 16.3 Å². The van der Waals surface area contributed by atoms with Crippen molar-refractivity contribution in [1.82, 2.24) is 0 Å². The summed E-state index contributed by atoms with van der Waals surface area (Å²) in [7, 11) is 0. The molecule has 0 radical (unpaired) electrons. The Morgan fingerprint density at radius 3 is 2.59 bits per heavy atom. The molecule has 2 aromatic carbocycles. The lowest BCUT2D eigenvalue weighted by atomic mass is 10.1. The summed E-state index contributed by atoms with van der Waals surface area (Å²) >= 11 is 5.85. The van der Waals surface area contributed by atoms with E-state index in [2.05, 4.69) is 10.4 Å². The molecule has 2 aromatic rings. The Bertz CT molecular complexity index is 756. The Morgan fingerprint density at radius 1 is 1.14 bits per heavy atom. The van der Waals surface area contributed by atoms with Crippen LogP contribution >= 0.6 is 11.6 Å². The van der Waals surface area contributed by atoms with E-state index in [4.69, 9.17) is 11.6 Å². The van der Waals surface area contributed by atoms with E-state index in [1.807, 2.05) is 18.2 Å². The summed E-state index contributed by atoms with van der Waals surface area (Å²) in [6, 6.07) is 14.1. The molecule has 1 heterocycles. The Morgan fingerprint density at radius 2 is 1.86 bits per heavy atom. The van der Waals surface area contributed by atoms with Crippen molar-refractivity contribution in [3.63, 3.8) is 0 Å². The number of carbonyl (C=O) groups excluding carboxylic acids is 2. The van der Waals surface area contributed by atoms with Crippen LogP contribution in [0.1, 0.15) is 12.0 Å². The van der Waals surface area contributed by atoms with Gasteiger partial charge in [-0.3, -0.25) is 9.59 Å². The molecule has 0 saturated heterocycles. The average molecular weight is 314 g/mol. The van der Waals surface area contributed by atoms with Gasteiger partial charge in [-0.1, -0.05) is 29.8 Å². The molecule has 2 amide bonds. The van der Waals surface area contributed by atoms with E-state index < -0.39 is 0 Å². The van der Waals surface area contributed by atoms with E-state index in [0.29, 0.717) is 28.5 Å². The van der Waals surface area contributed by atoms with Crippen molar-refractivity contribution in [2.24, 2.45) is 5.10 Å². The molecule has 0 unspecified atom stereocenters. The van der Waals surface area contributed by atoms with Gasteiger partial charge in [-0.15, -0.1) is 0 Å². The first-order valence-electron chi connectivity index (χ1n) is 6.64.